The second-order valence-corrected chi connectivity index (χ2v) is 3.33. The second-order valence-electron chi connectivity index (χ2n) is 3.33. The lowest BCUT2D eigenvalue weighted by Crippen LogP contribution is -2.37. The van der Waals surface area contributed by atoms with Gasteiger partial charge in [-0.15, -0.1) is 0 Å². The van der Waals surface area contributed by atoms with Gasteiger partial charge in [0.1, 0.15) is 0 Å². The molecule has 0 atom stereocenters. The minimum Gasteiger partial charge on any atom is -0.366 e. The van der Waals surface area contributed by atoms with E-state index < -0.39 is 0 Å². The first-order chi connectivity index (χ1) is 5.70. The van der Waals surface area contributed by atoms with Crippen LogP contribution in [0.25, 0.3) is 0 Å². The highest BCUT2D eigenvalue weighted by Gasteiger charge is 2.20. The number of carbonyl (C=O) groups excluding carboxylic acids is 1. The molecule has 0 aromatic heterocycles. The molecular weight excluding hydrogens is 152 g/mol. The smallest absolute Gasteiger partial charge is 0.241 e. The average Bonchev–Trinajstić information content (AvgIpc) is 1.81. The van der Waals surface area contributed by atoms with Gasteiger partial charge >= 0.3 is 0 Å². The van der Waals surface area contributed by atoms with E-state index in [4.69, 9.17) is 5.73 Å². The Balaban J connectivity index is 2.17. The quantitative estimate of drug-likeness (QED) is 0.622. The normalized spacial score (nSPS) is 18.5. The fourth-order valence-corrected chi connectivity index (χ4v) is 1.31. The lowest BCUT2D eigenvalue weighted by Gasteiger charge is -2.33. The Morgan fingerprint density at radius 2 is 2.33 bits per heavy atom. The summed E-state index contributed by atoms with van der Waals surface area (Å²) in [4.78, 5) is 12.6. The van der Waals surface area contributed by atoms with Gasteiger partial charge < -0.3 is 5.73 Å². The van der Waals surface area contributed by atoms with Crippen LogP contribution in [-0.4, -0.2) is 30.4 Å². The molecule has 68 valence electrons. The van der Waals surface area contributed by atoms with Crippen molar-refractivity contribution in [2.45, 2.75) is 25.3 Å². The Labute approximate surface area is 73.2 Å². The third-order valence-electron chi connectivity index (χ3n) is 2.37. The molecule has 0 unspecified atom stereocenters. The molecule has 0 saturated heterocycles. The summed E-state index contributed by atoms with van der Waals surface area (Å²) in [5, 5.41) is 0. The van der Waals surface area contributed by atoms with Crippen LogP contribution in [0.3, 0.4) is 0 Å². The van der Waals surface area contributed by atoms with Gasteiger partial charge in [-0.25, -0.2) is 0 Å². The molecule has 0 aliphatic heterocycles. The highest BCUT2D eigenvalue weighted by atomic mass is 16.1. The van der Waals surface area contributed by atoms with Gasteiger partial charge in [0.2, 0.25) is 5.91 Å². The van der Waals surface area contributed by atoms with E-state index in [9.17, 15) is 4.79 Å². The van der Waals surface area contributed by atoms with Crippen LogP contribution in [0.15, 0.2) is 12.2 Å². The van der Waals surface area contributed by atoms with E-state index >= 15 is 0 Å². The lowest BCUT2D eigenvalue weighted by atomic mass is 9.92. The summed E-state index contributed by atoms with van der Waals surface area (Å²) in [6, 6.07) is 0.725. The van der Waals surface area contributed by atoms with Crippen molar-refractivity contribution in [2.24, 2.45) is 5.73 Å². The first-order valence-electron chi connectivity index (χ1n) is 4.36. The first kappa shape index (κ1) is 9.26. The van der Waals surface area contributed by atoms with Crippen LogP contribution in [0.4, 0.5) is 0 Å². The molecular formula is C9H16N2O. The zero-order chi connectivity index (χ0) is 8.97. The van der Waals surface area contributed by atoms with Crippen LogP contribution in [0.5, 0.6) is 0 Å². The lowest BCUT2D eigenvalue weighted by molar-refractivity contribution is -0.113. The number of hydrogen-bond donors (Lipinski definition) is 1. The Morgan fingerprint density at radius 3 is 2.75 bits per heavy atom. The van der Waals surface area contributed by atoms with Crippen LogP contribution in [0.2, 0.25) is 0 Å². The molecule has 0 spiro atoms. The van der Waals surface area contributed by atoms with E-state index in [0.717, 1.165) is 12.6 Å². The molecule has 12 heavy (non-hydrogen) atoms. The molecule has 3 nitrogen and oxygen atoms in total. The summed E-state index contributed by atoms with van der Waals surface area (Å²) in [6.07, 6.45) is 7.17. The van der Waals surface area contributed by atoms with E-state index in [1.165, 1.54) is 25.3 Å². The average molecular weight is 168 g/mol. The van der Waals surface area contributed by atoms with E-state index in [1.807, 2.05) is 6.08 Å². The third-order valence-corrected chi connectivity index (χ3v) is 2.37. The van der Waals surface area contributed by atoms with Gasteiger partial charge in [-0.2, -0.15) is 0 Å². The molecule has 0 radical (unpaired) electrons. The number of hydrogen-bond acceptors (Lipinski definition) is 2. The van der Waals surface area contributed by atoms with Gasteiger partial charge in [0, 0.05) is 12.6 Å². The number of amides is 1. The molecule has 0 heterocycles. The molecule has 1 aliphatic carbocycles. The summed E-state index contributed by atoms with van der Waals surface area (Å²) in [6.45, 7) is 0.827. The highest BCUT2D eigenvalue weighted by molar-refractivity contribution is 5.85. The SMILES string of the molecule is CN(CC=CC(N)=O)C1CCC1. The number of likely N-dealkylation sites (N-methyl/N-ethyl adjacent to an activating group) is 1. The van der Waals surface area contributed by atoms with Crippen LogP contribution in [0, 0.1) is 0 Å². The molecule has 1 amide bonds. The van der Waals surface area contributed by atoms with Crippen molar-refractivity contribution in [3.8, 4) is 0 Å². The Kier molecular flexibility index (Phi) is 3.29. The van der Waals surface area contributed by atoms with Crippen LogP contribution in [0.1, 0.15) is 19.3 Å². The Hall–Kier alpha value is -0.830. The largest absolute Gasteiger partial charge is 0.366 e. The number of nitrogens with zero attached hydrogens (tertiary/aromatic N) is 1. The Bertz CT molecular complexity index is 185. The van der Waals surface area contributed by atoms with Crippen LogP contribution < -0.4 is 5.73 Å². The van der Waals surface area contributed by atoms with Gasteiger partial charge in [-0.3, -0.25) is 9.69 Å². The number of nitrogens with two attached hydrogens (primary N) is 1. The van der Waals surface area contributed by atoms with E-state index in [1.54, 1.807) is 0 Å². The maximum Gasteiger partial charge on any atom is 0.241 e. The maximum absolute atomic E-state index is 10.4. The molecule has 1 rings (SSSR count). The fourth-order valence-electron chi connectivity index (χ4n) is 1.31. The molecule has 3 heteroatoms. The standard InChI is InChI=1S/C9H16N2O/c1-11(8-4-2-5-8)7-3-6-9(10)12/h3,6,8H,2,4-5,7H2,1H3,(H2,10,12). The summed E-state index contributed by atoms with van der Waals surface area (Å²) in [7, 11) is 2.08. The number of rotatable bonds is 4. The third kappa shape index (κ3) is 2.66. The van der Waals surface area contributed by atoms with Gasteiger partial charge in [0.05, 0.1) is 0 Å². The van der Waals surface area contributed by atoms with Gasteiger partial charge in [-0.1, -0.05) is 12.5 Å². The summed E-state index contributed by atoms with van der Waals surface area (Å²) >= 11 is 0. The molecule has 1 aliphatic rings. The predicted octanol–water partition coefficient (Wildman–Crippen LogP) is 0.512. The zero-order valence-electron chi connectivity index (χ0n) is 7.49. The van der Waals surface area contributed by atoms with Gasteiger partial charge in [0.25, 0.3) is 0 Å². The molecule has 0 bridgehead atoms. The van der Waals surface area contributed by atoms with Crippen molar-refractivity contribution >= 4 is 5.91 Å². The Morgan fingerprint density at radius 1 is 1.67 bits per heavy atom. The minimum absolute atomic E-state index is 0.364. The number of carbonyl (C=O) groups is 1. The predicted molar refractivity (Wildman–Crippen MR) is 48.6 cm³/mol. The molecule has 0 aromatic rings. The summed E-state index contributed by atoms with van der Waals surface area (Å²) < 4.78 is 0. The van der Waals surface area contributed by atoms with E-state index in [2.05, 4.69) is 11.9 Å². The maximum atomic E-state index is 10.4. The van der Waals surface area contributed by atoms with Crippen molar-refractivity contribution in [3.63, 3.8) is 0 Å². The molecule has 1 saturated carbocycles. The van der Waals surface area contributed by atoms with E-state index in [-0.39, 0.29) is 5.91 Å². The van der Waals surface area contributed by atoms with Crippen LogP contribution in [-0.2, 0) is 4.79 Å². The summed E-state index contributed by atoms with van der Waals surface area (Å²) in [5.74, 6) is -0.364. The zero-order valence-corrected chi connectivity index (χ0v) is 7.49. The minimum atomic E-state index is -0.364. The first-order valence-corrected chi connectivity index (χ1v) is 4.36. The topological polar surface area (TPSA) is 46.3 Å². The molecule has 0 aromatic carbocycles. The van der Waals surface area contributed by atoms with Crippen molar-refractivity contribution in [1.29, 1.82) is 0 Å². The van der Waals surface area contributed by atoms with Crippen molar-refractivity contribution < 1.29 is 4.79 Å². The van der Waals surface area contributed by atoms with Gasteiger partial charge in [-0.05, 0) is 26.0 Å². The highest BCUT2D eigenvalue weighted by Crippen LogP contribution is 2.22. The van der Waals surface area contributed by atoms with Crippen molar-refractivity contribution in [2.75, 3.05) is 13.6 Å². The second kappa shape index (κ2) is 4.26. The molecule has 2 N–H and O–H groups in total. The number of primary amides is 1. The van der Waals surface area contributed by atoms with Gasteiger partial charge in [0.15, 0.2) is 0 Å². The molecule has 1 fully saturated rings. The fraction of sp³-hybridized carbons (Fsp3) is 0.667. The van der Waals surface area contributed by atoms with Crippen molar-refractivity contribution in [3.05, 3.63) is 12.2 Å². The summed E-state index contributed by atoms with van der Waals surface area (Å²) in [5.41, 5.74) is 4.96. The monoisotopic (exact) mass is 168 g/mol. The van der Waals surface area contributed by atoms with E-state index in [0.29, 0.717) is 0 Å². The van der Waals surface area contributed by atoms with Crippen molar-refractivity contribution in [1.82, 2.24) is 4.90 Å². The van der Waals surface area contributed by atoms with Crippen LogP contribution >= 0.6 is 0 Å².